The van der Waals surface area contributed by atoms with Gasteiger partial charge in [-0.05, 0) is 26.0 Å². The number of rotatable bonds is 6. The van der Waals surface area contributed by atoms with Gasteiger partial charge in [0, 0.05) is 0 Å². The molecule has 6 nitrogen and oxygen atoms in total. The number of hydrogen-bond donors (Lipinski definition) is 1. The first-order valence-electron chi connectivity index (χ1n) is 8.48. The van der Waals surface area contributed by atoms with Gasteiger partial charge in [0.15, 0.2) is 11.5 Å². The van der Waals surface area contributed by atoms with Crippen molar-refractivity contribution in [1.82, 2.24) is 0 Å². The molecule has 0 bridgehead atoms. The standard InChI is InChI=1S/C18H15F5NO5P/c1-8(2)27-17(25)18(24)7-30(18,26)29-10-6-4-3-5-9(10)28-16-14(22)12(20)11(19)13(21)15(16)23/h3-6,8H,7,24H2,1-2H3/t18-,30?/m1/s1. The normalized spacial score (nSPS) is 22.7. The Hall–Kier alpha value is -2.65. The highest BCUT2D eigenvalue weighted by Gasteiger charge is 2.73. The zero-order chi connectivity index (χ0) is 22.4. The molecule has 2 atom stereocenters. The van der Waals surface area contributed by atoms with Crippen LogP contribution in [0.4, 0.5) is 22.0 Å². The zero-order valence-corrected chi connectivity index (χ0v) is 16.4. The molecule has 3 rings (SSSR count). The molecule has 2 aromatic carbocycles. The summed E-state index contributed by atoms with van der Waals surface area (Å²) < 4.78 is 95.7. The molecule has 0 spiro atoms. The third-order valence-corrected chi connectivity index (χ3v) is 6.71. The number of nitrogens with two attached hydrogens (primary N) is 1. The van der Waals surface area contributed by atoms with Crippen molar-refractivity contribution in [2.45, 2.75) is 25.2 Å². The summed E-state index contributed by atoms with van der Waals surface area (Å²) in [6.45, 7) is 3.12. The van der Waals surface area contributed by atoms with Gasteiger partial charge in [0.2, 0.25) is 40.1 Å². The first kappa shape index (κ1) is 22.0. The van der Waals surface area contributed by atoms with E-state index in [1.54, 1.807) is 13.8 Å². The Morgan fingerprint density at radius 1 is 1.00 bits per heavy atom. The number of benzene rings is 2. The quantitative estimate of drug-likeness (QED) is 0.230. The molecule has 1 aliphatic rings. The molecule has 1 heterocycles. The number of carbonyl (C=O) groups excluding carboxylic acids is 1. The summed E-state index contributed by atoms with van der Waals surface area (Å²) in [4.78, 5) is 12.1. The van der Waals surface area contributed by atoms with Gasteiger partial charge in [0.1, 0.15) is 0 Å². The molecule has 0 amide bonds. The smallest absolute Gasteiger partial charge is 0.338 e. The Morgan fingerprint density at radius 2 is 1.50 bits per heavy atom. The minimum Gasteiger partial charge on any atom is -0.461 e. The van der Waals surface area contributed by atoms with Crippen molar-refractivity contribution in [3.05, 3.63) is 53.4 Å². The monoisotopic (exact) mass is 451 g/mol. The third kappa shape index (κ3) is 3.63. The molecular formula is C18H15F5NO5P. The van der Waals surface area contributed by atoms with E-state index in [4.69, 9.17) is 19.7 Å². The molecule has 12 heteroatoms. The molecule has 0 aliphatic carbocycles. The average molecular weight is 451 g/mol. The van der Waals surface area contributed by atoms with Crippen LogP contribution in [0.2, 0.25) is 0 Å². The lowest BCUT2D eigenvalue weighted by Gasteiger charge is -2.16. The summed E-state index contributed by atoms with van der Waals surface area (Å²) in [5.41, 5.74) is 5.81. The predicted molar refractivity (Wildman–Crippen MR) is 94.0 cm³/mol. The lowest BCUT2D eigenvalue weighted by Crippen LogP contribution is -2.37. The number of ether oxygens (including phenoxy) is 2. The van der Waals surface area contributed by atoms with Crippen molar-refractivity contribution in [3.63, 3.8) is 0 Å². The molecule has 0 saturated carbocycles. The topological polar surface area (TPSA) is 87.9 Å². The molecule has 2 N–H and O–H groups in total. The molecule has 1 unspecified atom stereocenters. The van der Waals surface area contributed by atoms with Crippen molar-refractivity contribution >= 4 is 13.3 Å². The summed E-state index contributed by atoms with van der Waals surface area (Å²) in [5.74, 6) is -14.6. The zero-order valence-electron chi connectivity index (χ0n) is 15.5. The summed E-state index contributed by atoms with van der Waals surface area (Å²) in [5, 5.41) is -1.92. The van der Waals surface area contributed by atoms with Gasteiger partial charge >= 0.3 is 5.97 Å². The van der Waals surface area contributed by atoms with E-state index >= 15 is 0 Å². The molecule has 162 valence electrons. The Morgan fingerprint density at radius 3 is 2.03 bits per heavy atom. The first-order chi connectivity index (χ1) is 13.9. The van der Waals surface area contributed by atoms with Gasteiger partial charge in [0.25, 0.3) is 7.37 Å². The van der Waals surface area contributed by atoms with Gasteiger partial charge in [-0.2, -0.15) is 8.78 Å². The maximum absolute atomic E-state index is 13.9. The average Bonchev–Trinajstić information content (AvgIpc) is 3.24. The summed E-state index contributed by atoms with van der Waals surface area (Å²) in [6, 6.07) is 4.90. The second-order valence-electron chi connectivity index (χ2n) is 6.75. The van der Waals surface area contributed by atoms with E-state index in [2.05, 4.69) is 0 Å². The van der Waals surface area contributed by atoms with Gasteiger partial charge in [-0.15, -0.1) is 0 Å². The fourth-order valence-corrected chi connectivity index (χ4v) is 4.53. The Labute approximate surface area is 167 Å². The van der Waals surface area contributed by atoms with Crippen LogP contribution in [-0.4, -0.2) is 23.5 Å². The lowest BCUT2D eigenvalue weighted by molar-refractivity contribution is -0.148. The fraction of sp³-hybridized carbons (Fsp3) is 0.278. The van der Waals surface area contributed by atoms with Crippen molar-refractivity contribution in [2.75, 3.05) is 6.16 Å². The van der Waals surface area contributed by atoms with E-state index in [0.717, 1.165) is 12.1 Å². The Bertz CT molecular complexity index is 1050. The Kier molecular flexibility index (Phi) is 5.55. The van der Waals surface area contributed by atoms with Gasteiger partial charge < -0.3 is 19.7 Å². The summed E-state index contributed by atoms with van der Waals surface area (Å²) in [6.07, 6.45) is -0.903. The van der Waals surface area contributed by atoms with Crippen LogP contribution in [0.25, 0.3) is 0 Å². The fourth-order valence-electron chi connectivity index (χ4n) is 2.47. The van der Waals surface area contributed by atoms with E-state index in [0.29, 0.717) is 0 Å². The second-order valence-corrected chi connectivity index (χ2v) is 9.39. The highest BCUT2D eigenvalue weighted by Crippen LogP contribution is 2.73. The maximum Gasteiger partial charge on any atom is 0.338 e. The first-order valence-corrected chi connectivity index (χ1v) is 10.3. The molecule has 2 aromatic rings. The second kappa shape index (κ2) is 7.55. The van der Waals surface area contributed by atoms with Crippen LogP contribution in [0, 0.1) is 29.1 Å². The van der Waals surface area contributed by atoms with E-state index in [1.807, 2.05) is 0 Å². The molecule has 30 heavy (non-hydrogen) atoms. The number of carbonyl (C=O) groups is 1. The highest BCUT2D eigenvalue weighted by atomic mass is 31.2. The lowest BCUT2D eigenvalue weighted by atomic mass is 10.2. The van der Waals surface area contributed by atoms with Crippen LogP contribution in [0.3, 0.4) is 0 Å². The minimum atomic E-state index is -3.83. The minimum absolute atomic E-state index is 0.373. The number of para-hydroxylation sites is 2. The van der Waals surface area contributed by atoms with Gasteiger partial charge in [0.05, 0.1) is 12.3 Å². The van der Waals surface area contributed by atoms with Crippen LogP contribution < -0.4 is 15.0 Å². The molecule has 0 aromatic heterocycles. The maximum atomic E-state index is 13.9. The van der Waals surface area contributed by atoms with Crippen molar-refractivity contribution < 1.29 is 45.3 Å². The predicted octanol–water partition coefficient (Wildman–Crippen LogP) is 4.45. The van der Waals surface area contributed by atoms with Gasteiger partial charge in [-0.3, -0.25) is 4.57 Å². The number of halogens is 5. The van der Waals surface area contributed by atoms with E-state index in [9.17, 15) is 31.3 Å². The third-order valence-electron chi connectivity index (χ3n) is 4.13. The number of esters is 1. The van der Waals surface area contributed by atoms with E-state index < -0.39 is 65.3 Å². The van der Waals surface area contributed by atoms with Crippen molar-refractivity contribution in [1.29, 1.82) is 0 Å². The van der Waals surface area contributed by atoms with Gasteiger partial charge in [-0.1, -0.05) is 12.1 Å². The molecule has 1 saturated heterocycles. The van der Waals surface area contributed by atoms with Crippen LogP contribution in [0.15, 0.2) is 24.3 Å². The van der Waals surface area contributed by atoms with E-state index in [-0.39, 0.29) is 11.9 Å². The summed E-state index contributed by atoms with van der Waals surface area (Å²) in [7, 11) is -3.83. The molecule has 1 aliphatic heterocycles. The Balaban J connectivity index is 1.91. The van der Waals surface area contributed by atoms with Crippen LogP contribution in [-0.2, 0) is 14.1 Å². The molecule has 0 radical (unpaired) electrons. The molecule has 1 fully saturated rings. The highest BCUT2D eigenvalue weighted by molar-refractivity contribution is 7.70. The molecular weight excluding hydrogens is 436 g/mol. The van der Waals surface area contributed by atoms with Crippen molar-refractivity contribution in [2.24, 2.45) is 5.73 Å². The SMILES string of the molecule is CC(C)OC(=O)[C@@]1(N)CP1(=O)Oc1ccccc1Oc1c(F)c(F)c(F)c(F)c1F. The van der Waals surface area contributed by atoms with Crippen LogP contribution in [0.1, 0.15) is 13.8 Å². The van der Waals surface area contributed by atoms with Gasteiger partial charge in [-0.25, -0.2) is 18.0 Å². The van der Waals surface area contributed by atoms with Crippen LogP contribution >= 0.6 is 7.37 Å². The van der Waals surface area contributed by atoms with Crippen LogP contribution in [0.5, 0.6) is 17.2 Å². The number of hydrogen-bond acceptors (Lipinski definition) is 6. The van der Waals surface area contributed by atoms with E-state index in [1.165, 1.54) is 12.1 Å². The summed E-state index contributed by atoms with van der Waals surface area (Å²) >= 11 is 0. The van der Waals surface area contributed by atoms with Crippen molar-refractivity contribution in [3.8, 4) is 17.2 Å². The largest absolute Gasteiger partial charge is 0.461 e.